The van der Waals surface area contributed by atoms with E-state index in [9.17, 15) is 4.79 Å². The normalized spacial score (nSPS) is 29.0. The molecule has 3 nitrogen and oxygen atoms in total. The third kappa shape index (κ3) is 3.48. The fourth-order valence-electron chi connectivity index (χ4n) is 2.67. The van der Waals surface area contributed by atoms with Crippen LogP contribution in [0.2, 0.25) is 0 Å². The summed E-state index contributed by atoms with van der Waals surface area (Å²) < 4.78 is 0. The van der Waals surface area contributed by atoms with Gasteiger partial charge in [0.1, 0.15) is 0 Å². The van der Waals surface area contributed by atoms with E-state index in [4.69, 9.17) is 0 Å². The van der Waals surface area contributed by atoms with Crippen molar-refractivity contribution in [1.29, 1.82) is 0 Å². The van der Waals surface area contributed by atoms with Crippen LogP contribution in [0.3, 0.4) is 0 Å². The number of amides is 1. The molecule has 0 aromatic heterocycles. The van der Waals surface area contributed by atoms with E-state index >= 15 is 0 Å². The van der Waals surface area contributed by atoms with Gasteiger partial charge in [-0.15, -0.1) is 0 Å². The van der Waals surface area contributed by atoms with Crippen LogP contribution in [0.15, 0.2) is 0 Å². The number of nitrogens with zero attached hydrogens (tertiary/aromatic N) is 2. The minimum absolute atomic E-state index is 0.213. The summed E-state index contributed by atoms with van der Waals surface area (Å²) in [5, 5.41) is 0. The van der Waals surface area contributed by atoms with Crippen molar-refractivity contribution in [2.75, 3.05) is 19.6 Å². The minimum Gasteiger partial charge on any atom is -0.339 e. The van der Waals surface area contributed by atoms with Crippen molar-refractivity contribution < 1.29 is 4.79 Å². The van der Waals surface area contributed by atoms with E-state index in [-0.39, 0.29) is 5.91 Å². The van der Waals surface area contributed by atoms with Crippen LogP contribution in [0.4, 0.5) is 0 Å². The highest BCUT2D eigenvalue weighted by Gasteiger charge is 2.25. The van der Waals surface area contributed by atoms with Crippen LogP contribution >= 0.6 is 0 Å². The van der Waals surface area contributed by atoms with Crippen LogP contribution in [0.5, 0.6) is 0 Å². The third-order valence-electron chi connectivity index (χ3n) is 3.58. The zero-order chi connectivity index (χ0) is 12.3. The fraction of sp³-hybridized carbons (Fsp3) is 0.923. The second-order valence-corrected chi connectivity index (χ2v) is 5.49. The average molecular weight is 226 g/mol. The first-order chi connectivity index (χ1) is 7.41. The summed E-state index contributed by atoms with van der Waals surface area (Å²) in [7, 11) is 0. The van der Waals surface area contributed by atoms with Gasteiger partial charge in [-0.1, -0.05) is 6.92 Å². The van der Waals surface area contributed by atoms with Crippen LogP contribution in [0.25, 0.3) is 0 Å². The molecule has 2 atom stereocenters. The maximum Gasteiger partial charge on any atom is 0.219 e. The van der Waals surface area contributed by atoms with Crippen LogP contribution in [0, 0.1) is 5.92 Å². The molecular weight excluding hydrogens is 200 g/mol. The van der Waals surface area contributed by atoms with Crippen molar-refractivity contribution >= 4 is 5.91 Å². The highest BCUT2D eigenvalue weighted by Crippen LogP contribution is 2.18. The van der Waals surface area contributed by atoms with Crippen molar-refractivity contribution in [3.63, 3.8) is 0 Å². The van der Waals surface area contributed by atoms with Gasteiger partial charge in [-0.3, -0.25) is 9.69 Å². The molecule has 0 aromatic carbocycles. The zero-order valence-corrected chi connectivity index (χ0v) is 11.4. The number of hydrogen-bond donors (Lipinski definition) is 0. The quantitative estimate of drug-likeness (QED) is 0.682. The van der Waals surface area contributed by atoms with E-state index in [2.05, 4.69) is 32.6 Å². The summed E-state index contributed by atoms with van der Waals surface area (Å²) in [5.74, 6) is 0.879. The molecule has 0 aliphatic carbocycles. The highest BCUT2D eigenvalue weighted by molar-refractivity contribution is 5.73. The van der Waals surface area contributed by atoms with Crippen LogP contribution in [0.1, 0.15) is 41.0 Å². The SMILES string of the molecule is CC(=O)N1CCN(C(C)C)CC(C)CC1C. The first kappa shape index (κ1) is 13.5. The van der Waals surface area contributed by atoms with Crippen molar-refractivity contribution in [1.82, 2.24) is 9.80 Å². The minimum atomic E-state index is 0.213. The van der Waals surface area contributed by atoms with E-state index < -0.39 is 0 Å². The summed E-state index contributed by atoms with van der Waals surface area (Å²) in [6, 6.07) is 0.964. The maximum absolute atomic E-state index is 11.6. The van der Waals surface area contributed by atoms with Crippen LogP contribution in [-0.4, -0.2) is 47.4 Å². The lowest BCUT2D eigenvalue weighted by Gasteiger charge is -2.38. The molecular formula is C13H26N2O. The number of rotatable bonds is 1. The molecule has 0 bridgehead atoms. The lowest BCUT2D eigenvalue weighted by molar-refractivity contribution is -0.132. The van der Waals surface area contributed by atoms with Gasteiger partial charge < -0.3 is 4.90 Å². The molecule has 1 saturated heterocycles. The summed E-state index contributed by atoms with van der Waals surface area (Å²) in [4.78, 5) is 16.1. The molecule has 1 fully saturated rings. The van der Waals surface area contributed by atoms with E-state index in [0.29, 0.717) is 18.0 Å². The Morgan fingerprint density at radius 1 is 1.25 bits per heavy atom. The predicted molar refractivity (Wildman–Crippen MR) is 67.3 cm³/mol. The Kier molecular flexibility index (Phi) is 4.78. The molecule has 0 spiro atoms. The summed E-state index contributed by atoms with van der Waals surface area (Å²) in [5.41, 5.74) is 0. The molecule has 3 heteroatoms. The Balaban J connectivity index is 2.69. The lowest BCUT2D eigenvalue weighted by atomic mass is 9.99. The van der Waals surface area contributed by atoms with Crippen molar-refractivity contribution in [3.8, 4) is 0 Å². The van der Waals surface area contributed by atoms with Gasteiger partial charge >= 0.3 is 0 Å². The van der Waals surface area contributed by atoms with Crippen molar-refractivity contribution in [3.05, 3.63) is 0 Å². The van der Waals surface area contributed by atoms with Gasteiger partial charge in [-0.25, -0.2) is 0 Å². The van der Waals surface area contributed by atoms with E-state index in [1.165, 1.54) is 0 Å². The Morgan fingerprint density at radius 2 is 1.88 bits per heavy atom. The van der Waals surface area contributed by atoms with E-state index in [0.717, 1.165) is 26.1 Å². The summed E-state index contributed by atoms with van der Waals surface area (Å²) in [6.45, 7) is 13.6. The molecule has 0 saturated carbocycles. The first-order valence-corrected chi connectivity index (χ1v) is 6.43. The number of carbonyl (C=O) groups is 1. The third-order valence-corrected chi connectivity index (χ3v) is 3.58. The monoisotopic (exact) mass is 226 g/mol. The van der Waals surface area contributed by atoms with Gasteiger partial charge in [0.25, 0.3) is 0 Å². The standard InChI is InChI=1S/C13H26N2O/c1-10(2)14-6-7-15(13(5)16)12(4)8-11(3)9-14/h10-12H,6-9H2,1-5H3. The lowest BCUT2D eigenvalue weighted by Crippen LogP contribution is -2.48. The average Bonchev–Trinajstić information content (AvgIpc) is 2.12. The van der Waals surface area contributed by atoms with Gasteiger partial charge in [0, 0.05) is 38.6 Å². The molecule has 0 aromatic rings. The summed E-state index contributed by atoms with van der Waals surface area (Å²) in [6.07, 6.45) is 1.11. The molecule has 16 heavy (non-hydrogen) atoms. The molecule has 1 amide bonds. The van der Waals surface area contributed by atoms with Crippen molar-refractivity contribution in [2.24, 2.45) is 5.92 Å². The second-order valence-electron chi connectivity index (χ2n) is 5.49. The molecule has 1 rings (SSSR count). The van der Waals surface area contributed by atoms with Crippen molar-refractivity contribution in [2.45, 2.75) is 53.1 Å². The Labute approximate surface area is 99.8 Å². The van der Waals surface area contributed by atoms with E-state index in [1.807, 2.05) is 4.90 Å². The Morgan fingerprint density at radius 3 is 2.38 bits per heavy atom. The van der Waals surface area contributed by atoms with Gasteiger partial charge in [0.15, 0.2) is 0 Å². The number of carbonyl (C=O) groups excluding carboxylic acids is 1. The Hall–Kier alpha value is -0.570. The van der Waals surface area contributed by atoms with Crippen LogP contribution in [-0.2, 0) is 4.79 Å². The Bertz CT molecular complexity index is 240. The fourth-order valence-corrected chi connectivity index (χ4v) is 2.67. The second kappa shape index (κ2) is 5.67. The molecule has 0 N–H and O–H groups in total. The van der Waals surface area contributed by atoms with Gasteiger partial charge in [0.2, 0.25) is 5.91 Å². The molecule has 94 valence electrons. The predicted octanol–water partition coefficient (Wildman–Crippen LogP) is 1.97. The highest BCUT2D eigenvalue weighted by atomic mass is 16.2. The smallest absolute Gasteiger partial charge is 0.219 e. The molecule has 1 aliphatic rings. The summed E-state index contributed by atoms with van der Waals surface area (Å²) >= 11 is 0. The zero-order valence-electron chi connectivity index (χ0n) is 11.4. The molecule has 0 radical (unpaired) electrons. The number of hydrogen-bond acceptors (Lipinski definition) is 2. The van der Waals surface area contributed by atoms with Gasteiger partial charge in [0.05, 0.1) is 0 Å². The molecule has 2 unspecified atom stereocenters. The van der Waals surface area contributed by atoms with Gasteiger partial charge in [-0.05, 0) is 33.1 Å². The molecule has 1 aliphatic heterocycles. The largest absolute Gasteiger partial charge is 0.339 e. The first-order valence-electron chi connectivity index (χ1n) is 6.43. The molecule has 1 heterocycles. The topological polar surface area (TPSA) is 23.6 Å². The van der Waals surface area contributed by atoms with E-state index in [1.54, 1.807) is 6.92 Å². The van der Waals surface area contributed by atoms with Gasteiger partial charge in [-0.2, -0.15) is 0 Å². The van der Waals surface area contributed by atoms with Crippen LogP contribution < -0.4 is 0 Å². The maximum atomic E-state index is 11.6.